The van der Waals surface area contributed by atoms with Gasteiger partial charge in [-0.15, -0.1) is 0 Å². The first-order valence-electron chi connectivity index (χ1n) is 0.204. The van der Waals surface area contributed by atoms with Crippen LogP contribution in [0.4, 0.5) is 0 Å². The molecule has 9 radical (unpaired) electrons. The summed E-state index contributed by atoms with van der Waals surface area (Å²) in [6.45, 7) is 0. The fourth-order valence-corrected chi connectivity index (χ4v) is 0. The van der Waals surface area contributed by atoms with Crippen molar-refractivity contribution in [2.45, 2.75) is 0 Å². The second-order valence-electron chi connectivity index (χ2n) is 0. The average molecular weight is 589 g/mol. The van der Waals surface area contributed by atoms with Crippen LogP contribution in [0.15, 0.2) is 0 Å². The van der Waals surface area contributed by atoms with Gasteiger partial charge >= 0.3 is 28.5 Å². The van der Waals surface area contributed by atoms with Crippen molar-refractivity contribution in [2.24, 2.45) is 0 Å². The predicted molar refractivity (Wildman–Crippen MR) is 17.9 cm³/mol. The van der Waals surface area contributed by atoms with Gasteiger partial charge in [-0.25, -0.2) is 0 Å². The van der Waals surface area contributed by atoms with Crippen LogP contribution in [0.25, 0.3) is 0 Å². The molecule has 0 aliphatic carbocycles. The van der Waals surface area contributed by atoms with Crippen LogP contribution in [0.5, 0.6) is 0 Å². The van der Waals surface area contributed by atoms with Crippen molar-refractivity contribution in [3.8, 4) is 0 Å². The van der Waals surface area contributed by atoms with E-state index in [1.165, 1.54) is 0 Å². The molecule has 0 spiro atoms. The van der Waals surface area contributed by atoms with Gasteiger partial charge in [0.05, 0.1) is 0 Å². The monoisotopic (exact) mass is 591 g/mol. The molecule has 0 rings (SSSR count). The Morgan fingerprint density at radius 3 is 1.17 bits per heavy atom. The van der Waals surface area contributed by atoms with E-state index in [4.69, 9.17) is 2.69 Å². The summed E-state index contributed by atoms with van der Waals surface area (Å²) >= 11 is 0.0556. The van der Waals surface area contributed by atoms with Crippen LogP contribution in [0.3, 0.4) is 0 Å². The van der Waals surface area contributed by atoms with Crippen LogP contribution in [-0.4, -0.2) is 69.5 Å². The van der Waals surface area contributed by atoms with Gasteiger partial charge in [-0.2, -0.15) is 0 Å². The Labute approximate surface area is 116 Å². The number of hydrogen-bond acceptors (Lipinski definition) is 1. The summed E-state index contributed by atoms with van der Waals surface area (Å²) in [5.74, 6) is 0. The van der Waals surface area contributed by atoms with E-state index in [0.717, 1.165) is 0 Å². The first kappa shape index (κ1) is 33.2. The maximum atomic E-state index is 8.39. The van der Waals surface area contributed by atoms with E-state index in [0.29, 0.717) is 0 Å². The van der Waals surface area contributed by atoms with Crippen molar-refractivity contribution in [3.05, 3.63) is 0 Å². The normalized spacial score (nSPS) is 0.667. The van der Waals surface area contributed by atoms with Crippen molar-refractivity contribution in [3.63, 3.8) is 0 Å². The van der Waals surface area contributed by atoms with Gasteiger partial charge in [-0.3, -0.25) is 0 Å². The molecule has 0 aromatic carbocycles. The molecule has 6 heavy (non-hydrogen) atoms. The predicted octanol–water partition coefficient (Wildman–Crippen LogP) is -1.27. The van der Waals surface area contributed by atoms with Crippen LogP contribution in [0.2, 0.25) is 0 Å². The third kappa shape index (κ3) is 25.2. The second kappa shape index (κ2) is 37.7. The molecule has 6 heteroatoms. The third-order valence-corrected chi connectivity index (χ3v) is 0. The van der Waals surface area contributed by atoms with Crippen molar-refractivity contribution in [1.82, 2.24) is 0 Å². The zero-order chi connectivity index (χ0) is 2.00. The molecule has 0 aromatic rings. The van der Waals surface area contributed by atoms with E-state index in [1.807, 2.05) is 0 Å². The summed E-state index contributed by atoms with van der Waals surface area (Å²) in [5, 5.41) is 0. The van der Waals surface area contributed by atoms with Crippen LogP contribution in [0, 0.1) is 0 Å². The topological polar surface area (TPSA) is 17.1 Å². The maximum Gasteiger partial charge on any atom is 0 e. The van der Waals surface area contributed by atoms with E-state index in [1.54, 1.807) is 0 Å². The Hall–Kier alpha value is 3.70. The Bertz CT molecular complexity index is 15.5. The first-order valence-corrected chi connectivity index (χ1v) is 1.79. The molecule has 0 unspecified atom stereocenters. The second-order valence-corrected chi connectivity index (χ2v) is 0. The quantitative estimate of drug-likeness (QED) is 0.323. The largest absolute Gasteiger partial charge is 0 e. The van der Waals surface area contributed by atoms with Gasteiger partial charge < -0.3 is 0 Å². The van der Waals surface area contributed by atoms with Crippen LogP contribution < -0.4 is 0 Å². The van der Waals surface area contributed by atoms with E-state index >= 15 is 0 Å². The van der Waals surface area contributed by atoms with Gasteiger partial charge in [0.25, 0.3) is 0 Å². The first-order chi connectivity index (χ1) is 1.00. The third-order valence-electron chi connectivity index (χ3n) is 0. The Morgan fingerprint density at radius 2 is 1.17 bits per heavy atom. The molecule has 0 atom stereocenters. The Morgan fingerprint density at radius 1 is 1.17 bits per heavy atom. The molecule has 0 heterocycles. The molecule has 0 aliphatic rings. The van der Waals surface area contributed by atoms with E-state index < -0.39 is 0 Å². The van der Waals surface area contributed by atoms with Gasteiger partial charge in [0.15, 0.2) is 0 Å². The van der Waals surface area contributed by atoms with Crippen LogP contribution in [0.1, 0.15) is 0 Å². The zero-order valence-electron chi connectivity index (χ0n) is 3.40. The standard InChI is InChI=1S/Cd.Ga.O.Pb.Sn.Zn. The molecular formula is CdGaOPbSnZn. The summed E-state index contributed by atoms with van der Waals surface area (Å²) < 4.78 is 8.39. The summed E-state index contributed by atoms with van der Waals surface area (Å²) in [7, 11) is 0. The van der Waals surface area contributed by atoms with Crippen LogP contribution >= 0.6 is 0 Å². The summed E-state index contributed by atoms with van der Waals surface area (Å²) in [5.41, 5.74) is 0. The van der Waals surface area contributed by atoms with Crippen LogP contribution in [-0.2, 0) is 49.5 Å². The zero-order valence-corrected chi connectivity index (χ0v) is 19.6. The Balaban J connectivity index is -0.000000000833. The van der Waals surface area contributed by atoms with Crippen molar-refractivity contribution >= 4 is 69.5 Å². The molecule has 0 N–H and O–H groups in total. The van der Waals surface area contributed by atoms with E-state index in [9.17, 15) is 0 Å². The molecule has 0 aromatic heterocycles. The molecule has 0 aliphatic heterocycles. The van der Waals surface area contributed by atoms with Crippen molar-refractivity contribution in [1.29, 1.82) is 0 Å². The molecular weight excluding hydrogens is 589 g/mol. The molecule has 1 nitrogen and oxygen atoms in total. The molecule has 0 saturated heterocycles. The fourth-order valence-electron chi connectivity index (χ4n) is 0. The summed E-state index contributed by atoms with van der Waals surface area (Å²) in [6, 6.07) is 0. The minimum absolute atomic E-state index is 0. The number of hydrogen-bond donors (Lipinski definition) is 0. The summed E-state index contributed by atoms with van der Waals surface area (Å²) in [4.78, 5) is 0. The van der Waals surface area contributed by atoms with E-state index in [-0.39, 0.29) is 116 Å². The molecule has 0 amide bonds. The van der Waals surface area contributed by atoms with Gasteiger partial charge in [0, 0.05) is 90.5 Å². The minimum Gasteiger partial charge on any atom is 0 e. The minimum atomic E-state index is 0. The summed E-state index contributed by atoms with van der Waals surface area (Å²) in [6.07, 6.45) is 0. The van der Waals surface area contributed by atoms with Gasteiger partial charge in [0.2, 0.25) is 0 Å². The average Bonchev–Trinajstić information content (AvgIpc) is 1.00. The smallest absolute Gasteiger partial charge is 0 e. The van der Waals surface area contributed by atoms with E-state index in [2.05, 4.69) is 0 Å². The van der Waals surface area contributed by atoms with Crippen molar-refractivity contribution in [2.75, 3.05) is 0 Å². The molecule has 21 valence electrons. The van der Waals surface area contributed by atoms with Gasteiger partial charge in [0.1, 0.15) is 0 Å². The van der Waals surface area contributed by atoms with Gasteiger partial charge in [-0.1, -0.05) is 0 Å². The SMILES string of the molecule is [Cd].[Ga].[O]=[Pb].[Sn].[Zn]. The maximum absolute atomic E-state index is 8.39. The molecule has 0 bridgehead atoms. The van der Waals surface area contributed by atoms with Crippen molar-refractivity contribution < 1.29 is 49.5 Å². The van der Waals surface area contributed by atoms with Gasteiger partial charge in [-0.05, 0) is 0 Å². The number of rotatable bonds is 0. The fraction of sp³-hybridized carbons (Fsp3) is 0. The molecule has 0 fully saturated rings. The Kier molecular flexibility index (Phi) is 209. The molecule has 0 saturated carbocycles.